The molecule has 0 aliphatic rings. The van der Waals surface area contributed by atoms with E-state index in [1.807, 2.05) is 69.4 Å². The van der Waals surface area contributed by atoms with Crippen molar-refractivity contribution in [3.05, 3.63) is 90.1 Å². The van der Waals surface area contributed by atoms with Crippen molar-refractivity contribution in [1.82, 2.24) is 4.98 Å². The number of hydrogen-bond donors (Lipinski definition) is 2. The first-order valence-corrected chi connectivity index (χ1v) is 10.1. The van der Waals surface area contributed by atoms with Gasteiger partial charge in [0.15, 0.2) is 0 Å². The van der Waals surface area contributed by atoms with Crippen molar-refractivity contribution in [3.8, 4) is 11.1 Å². The standard InChI is InChI=1S/C26H24N2O3/c1-26(2,3)31-25(30)21-13-12-18(19-10-7-11-22-20(19)14-15-27-22)16-23(21)28-24(29)17-8-5-4-6-9-17/h4-16,27H,1-3H3,(H,28,29). The van der Waals surface area contributed by atoms with E-state index in [1.165, 1.54) is 0 Å². The van der Waals surface area contributed by atoms with E-state index in [0.29, 0.717) is 16.8 Å². The molecule has 0 fully saturated rings. The van der Waals surface area contributed by atoms with E-state index in [2.05, 4.69) is 10.3 Å². The van der Waals surface area contributed by atoms with Crippen molar-refractivity contribution in [2.24, 2.45) is 0 Å². The van der Waals surface area contributed by atoms with Gasteiger partial charge in [-0.25, -0.2) is 4.79 Å². The van der Waals surface area contributed by atoms with Crippen molar-refractivity contribution in [3.63, 3.8) is 0 Å². The van der Waals surface area contributed by atoms with E-state index in [1.54, 1.807) is 30.3 Å². The maximum absolute atomic E-state index is 12.8. The molecule has 0 atom stereocenters. The maximum Gasteiger partial charge on any atom is 0.340 e. The summed E-state index contributed by atoms with van der Waals surface area (Å²) in [4.78, 5) is 28.9. The lowest BCUT2D eigenvalue weighted by molar-refractivity contribution is 0.00708. The molecule has 0 radical (unpaired) electrons. The Morgan fingerprint density at radius 3 is 2.42 bits per heavy atom. The van der Waals surface area contributed by atoms with Gasteiger partial charge >= 0.3 is 5.97 Å². The Kier molecular flexibility index (Phi) is 5.34. The topological polar surface area (TPSA) is 71.2 Å². The number of hydrogen-bond acceptors (Lipinski definition) is 3. The van der Waals surface area contributed by atoms with Crippen LogP contribution >= 0.6 is 0 Å². The van der Waals surface area contributed by atoms with Gasteiger partial charge in [-0.1, -0.05) is 36.4 Å². The minimum absolute atomic E-state index is 0.289. The van der Waals surface area contributed by atoms with Crippen molar-refractivity contribution < 1.29 is 14.3 Å². The second kappa shape index (κ2) is 8.11. The Morgan fingerprint density at radius 2 is 1.68 bits per heavy atom. The second-order valence-corrected chi connectivity index (χ2v) is 8.33. The number of aromatic amines is 1. The SMILES string of the molecule is CC(C)(C)OC(=O)c1ccc(-c2cccc3[nH]ccc23)cc1NC(=O)c1ccccc1. The van der Waals surface area contributed by atoms with E-state index in [0.717, 1.165) is 22.0 Å². The molecule has 0 unspecified atom stereocenters. The number of nitrogens with one attached hydrogen (secondary N) is 2. The molecule has 3 aromatic carbocycles. The van der Waals surface area contributed by atoms with Crippen LogP contribution in [0, 0.1) is 0 Å². The highest BCUT2D eigenvalue weighted by molar-refractivity contribution is 6.09. The Balaban J connectivity index is 1.78. The van der Waals surface area contributed by atoms with Gasteiger partial charge < -0.3 is 15.0 Å². The number of benzene rings is 3. The number of carbonyl (C=O) groups is 2. The molecule has 0 saturated heterocycles. The summed E-state index contributed by atoms with van der Waals surface area (Å²) in [7, 11) is 0. The third-order valence-electron chi connectivity index (χ3n) is 4.83. The minimum Gasteiger partial charge on any atom is -0.456 e. The lowest BCUT2D eigenvalue weighted by Crippen LogP contribution is -2.25. The average molecular weight is 412 g/mol. The van der Waals surface area contributed by atoms with Gasteiger partial charge in [-0.05, 0) is 68.3 Å². The highest BCUT2D eigenvalue weighted by Gasteiger charge is 2.22. The molecular formula is C26H24N2O3. The van der Waals surface area contributed by atoms with Crippen LogP contribution in [-0.2, 0) is 4.74 Å². The molecule has 0 aliphatic carbocycles. The Bertz CT molecular complexity index is 1250. The average Bonchev–Trinajstić information content (AvgIpc) is 3.22. The van der Waals surface area contributed by atoms with Gasteiger partial charge in [0.05, 0.1) is 11.3 Å². The van der Waals surface area contributed by atoms with Crippen molar-refractivity contribution in [2.75, 3.05) is 5.32 Å². The van der Waals surface area contributed by atoms with E-state index in [-0.39, 0.29) is 5.91 Å². The summed E-state index contributed by atoms with van der Waals surface area (Å²) in [6.07, 6.45) is 1.89. The Labute approximate surface area is 181 Å². The van der Waals surface area contributed by atoms with E-state index in [4.69, 9.17) is 4.74 Å². The monoisotopic (exact) mass is 412 g/mol. The smallest absolute Gasteiger partial charge is 0.340 e. The van der Waals surface area contributed by atoms with Crippen LogP contribution in [0.15, 0.2) is 79.0 Å². The number of fused-ring (bicyclic) bond motifs is 1. The van der Waals surface area contributed by atoms with Crippen molar-refractivity contribution >= 4 is 28.5 Å². The number of rotatable bonds is 4. The molecule has 5 nitrogen and oxygen atoms in total. The lowest BCUT2D eigenvalue weighted by Gasteiger charge is -2.21. The van der Waals surface area contributed by atoms with Crippen LogP contribution in [-0.4, -0.2) is 22.5 Å². The van der Waals surface area contributed by atoms with Crippen LogP contribution in [0.5, 0.6) is 0 Å². The molecule has 1 aromatic heterocycles. The van der Waals surface area contributed by atoms with Crippen LogP contribution in [0.4, 0.5) is 5.69 Å². The predicted molar refractivity (Wildman–Crippen MR) is 123 cm³/mol. The Morgan fingerprint density at radius 1 is 0.903 bits per heavy atom. The molecular weight excluding hydrogens is 388 g/mol. The number of aromatic nitrogens is 1. The number of carbonyl (C=O) groups excluding carboxylic acids is 2. The van der Waals surface area contributed by atoms with Gasteiger partial charge in [-0.3, -0.25) is 4.79 Å². The Hall–Kier alpha value is -3.86. The van der Waals surface area contributed by atoms with Gasteiger partial charge in [0.25, 0.3) is 5.91 Å². The number of H-pyrrole nitrogens is 1. The third kappa shape index (κ3) is 4.51. The zero-order valence-electron chi connectivity index (χ0n) is 17.7. The summed E-state index contributed by atoms with van der Waals surface area (Å²) in [5.74, 6) is -0.773. The van der Waals surface area contributed by atoms with Crippen LogP contribution in [0.3, 0.4) is 0 Å². The van der Waals surface area contributed by atoms with Crippen LogP contribution in [0.25, 0.3) is 22.0 Å². The van der Waals surface area contributed by atoms with Gasteiger partial charge in [-0.15, -0.1) is 0 Å². The normalized spacial score (nSPS) is 11.3. The highest BCUT2D eigenvalue weighted by Crippen LogP contribution is 2.32. The molecule has 1 heterocycles. The van der Waals surface area contributed by atoms with Gasteiger partial charge in [0.1, 0.15) is 5.60 Å². The molecule has 5 heteroatoms. The summed E-state index contributed by atoms with van der Waals surface area (Å²) in [6.45, 7) is 5.44. The van der Waals surface area contributed by atoms with E-state index in [9.17, 15) is 9.59 Å². The molecule has 156 valence electrons. The number of anilines is 1. The van der Waals surface area contributed by atoms with Gasteiger partial charge in [-0.2, -0.15) is 0 Å². The quantitative estimate of drug-likeness (QED) is 0.401. The third-order valence-corrected chi connectivity index (χ3v) is 4.83. The van der Waals surface area contributed by atoms with E-state index < -0.39 is 11.6 Å². The first kappa shape index (κ1) is 20.4. The number of ether oxygens (including phenoxy) is 1. The fourth-order valence-corrected chi connectivity index (χ4v) is 3.45. The summed E-state index contributed by atoms with van der Waals surface area (Å²) in [5, 5.41) is 3.96. The molecule has 31 heavy (non-hydrogen) atoms. The molecule has 0 bridgehead atoms. The van der Waals surface area contributed by atoms with Crippen LogP contribution in [0.1, 0.15) is 41.5 Å². The zero-order chi connectivity index (χ0) is 22.0. The lowest BCUT2D eigenvalue weighted by atomic mass is 9.99. The molecule has 1 amide bonds. The maximum atomic E-state index is 12.8. The van der Waals surface area contributed by atoms with Crippen LogP contribution in [0.2, 0.25) is 0 Å². The molecule has 4 rings (SSSR count). The number of esters is 1. The zero-order valence-corrected chi connectivity index (χ0v) is 17.7. The largest absolute Gasteiger partial charge is 0.456 e. The summed E-state index contributed by atoms with van der Waals surface area (Å²) >= 11 is 0. The summed E-state index contributed by atoms with van der Waals surface area (Å²) in [5.41, 5.74) is 3.50. The van der Waals surface area contributed by atoms with Gasteiger partial charge in [0, 0.05) is 22.7 Å². The first-order valence-electron chi connectivity index (χ1n) is 10.1. The second-order valence-electron chi connectivity index (χ2n) is 8.33. The van der Waals surface area contributed by atoms with Crippen molar-refractivity contribution in [2.45, 2.75) is 26.4 Å². The minimum atomic E-state index is -0.646. The highest BCUT2D eigenvalue weighted by atomic mass is 16.6. The molecule has 0 aliphatic heterocycles. The van der Waals surface area contributed by atoms with Crippen LogP contribution < -0.4 is 5.32 Å². The number of amides is 1. The molecule has 0 spiro atoms. The van der Waals surface area contributed by atoms with E-state index >= 15 is 0 Å². The fraction of sp³-hybridized carbons (Fsp3) is 0.154. The first-order chi connectivity index (χ1) is 14.8. The predicted octanol–water partition coefficient (Wildman–Crippen LogP) is 6.04. The summed E-state index contributed by atoms with van der Waals surface area (Å²) in [6, 6.07) is 22.3. The fourth-order valence-electron chi connectivity index (χ4n) is 3.45. The van der Waals surface area contributed by atoms with Crippen molar-refractivity contribution in [1.29, 1.82) is 0 Å². The summed E-state index contributed by atoms with van der Waals surface area (Å²) < 4.78 is 5.56. The molecule has 2 N–H and O–H groups in total. The van der Waals surface area contributed by atoms with Gasteiger partial charge in [0.2, 0.25) is 0 Å². The molecule has 0 saturated carbocycles. The molecule has 4 aromatic rings.